The summed E-state index contributed by atoms with van der Waals surface area (Å²) in [5.41, 5.74) is 3.57. The predicted molar refractivity (Wildman–Crippen MR) is 107 cm³/mol. The molecule has 0 amide bonds. The Kier molecular flexibility index (Phi) is 5.51. The molecule has 1 saturated heterocycles. The highest BCUT2D eigenvalue weighted by Gasteiger charge is 2.32. The average molecular weight is 416 g/mol. The number of aryl methyl sites for hydroxylation is 1. The average Bonchev–Trinajstić information content (AvgIpc) is 3.44. The van der Waals surface area contributed by atoms with E-state index in [0.717, 1.165) is 42.0 Å². The molecular weight excluding hydrogens is 390 g/mol. The van der Waals surface area contributed by atoms with Crippen LogP contribution in [-0.4, -0.2) is 45.5 Å². The molecule has 8 nitrogen and oxygen atoms in total. The molecule has 0 N–H and O–H groups in total. The molecule has 1 aliphatic heterocycles. The molecule has 29 heavy (non-hydrogen) atoms. The molecule has 4 rings (SSSR count). The first-order valence-corrected chi connectivity index (χ1v) is 11.5. The Balaban J connectivity index is 1.67. The molecule has 0 spiro atoms. The minimum absolute atomic E-state index is 0.0222. The number of hydrogen-bond donors (Lipinski definition) is 0. The fraction of sp³-hybridized carbons (Fsp3) is 0.450. The monoisotopic (exact) mass is 415 g/mol. The summed E-state index contributed by atoms with van der Waals surface area (Å²) in [5.74, 6) is 0.0222. The summed E-state index contributed by atoms with van der Waals surface area (Å²) in [7, 11) is -3.43. The quantitative estimate of drug-likeness (QED) is 0.586. The molecule has 0 saturated carbocycles. The zero-order valence-corrected chi connectivity index (χ0v) is 17.5. The standard InChI is InChI=1S/C20H25N5O3S/c1-3-29(26,27)20-21-12-17(25(20)13-16-8-5-4-6-9-16)14-24-11-7-10-18(24)19-15(2)22-28-23-19/h4-6,8-9,12,18H,3,7,10-11,13-14H2,1-2H3/t18-/m0/s1. The lowest BCUT2D eigenvalue weighted by Gasteiger charge is -2.23. The normalized spacial score (nSPS) is 17.8. The fourth-order valence-electron chi connectivity index (χ4n) is 3.90. The molecule has 3 heterocycles. The van der Waals surface area contributed by atoms with Crippen LogP contribution in [0.5, 0.6) is 0 Å². The molecular formula is C20H25N5O3S. The van der Waals surface area contributed by atoms with Gasteiger partial charge < -0.3 is 4.57 Å². The molecule has 0 radical (unpaired) electrons. The van der Waals surface area contributed by atoms with Gasteiger partial charge in [0.25, 0.3) is 0 Å². The van der Waals surface area contributed by atoms with Crippen molar-refractivity contribution in [2.24, 2.45) is 0 Å². The highest BCUT2D eigenvalue weighted by atomic mass is 32.2. The number of benzene rings is 1. The Morgan fingerprint density at radius 3 is 2.66 bits per heavy atom. The minimum Gasteiger partial charge on any atom is -0.313 e. The van der Waals surface area contributed by atoms with Crippen LogP contribution < -0.4 is 0 Å². The summed E-state index contributed by atoms with van der Waals surface area (Å²) in [5, 5.41) is 8.14. The molecule has 0 unspecified atom stereocenters. The molecule has 154 valence electrons. The Hall–Kier alpha value is -2.52. The number of likely N-dealkylation sites (tertiary alicyclic amines) is 1. The lowest BCUT2D eigenvalue weighted by molar-refractivity contribution is 0.226. The van der Waals surface area contributed by atoms with E-state index in [1.807, 2.05) is 41.8 Å². The third-order valence-electron chi connectivity index (χ3n) is 5.48. The number of rotatable bonds is 7. The van der Waals surface area contributed by atoms with Crippen LogP contribution in [0.1, 0.15) is 48.5 Å². The fourth-order valence-corrected chi connectivity index (χ4v) is 4.89. The number of nitrogens with zero attached hydrogens (tertiary/aromatic N) is 5. The maximum absolute atomic E-state index is 12.6. The van der Waals surface area contributed by atoms with E-state index < -0.39 is 9.84 Å². The minimum atomic E-state index is -3.43. The van der Waals surface area contributed by atoms with Crippen LogP contribution in [0.25, 0.3) is 0 Å². The Morgan fingerprint density at radius 2 is 1.97 bits per heavy atom. The van der Waals surface area contributed by atoms with E-state index in [-0.39, 0.29) is 17.0 Å². The number of sulfone groups is 1. The third kappa shape index (κ3) is 3.97. The van der Waals surface area contributed by atoms with Crippen LogP contribution >= 0.6 is 0 Å². The second-order valence-corrected chi connectivity index (χ2v) is 9.54. The van der Waals surface area contributed by atoms with Crippen molar-refractivity contribution in [3.05, 3.63) is 59.2 Å². The topological polar surface area (TPSA) is 94.1 Å². The summed E-state index contributed by atoms with van der Waals surface area (Å²) in [4.78, 5) is 6.60. The first kappa shape index (κ1) is 19.8. The van der Waals surface area contributed by atoms with Gasteiger partial charge in [-0.1, -0.05) is 47.6 Å². The van der Waals surface area contributed by atoms with Crippen LogP contribution in [0, 0.1) is 6.92 Å². The molecule has 0 bridgehead atoms. The summed E-state index contributed by atoms with van der Waals surface area (Å²) in [6.07, 6.45) is 3.71. The Labute approximate surface area is 170 Å². The molecule has 0 aliphatic carbocycles. The first-order chi connectivity index (χ1) is 14.0. The SMILES string of the molecule is CCS(=O)(=O)c1ncc(CN2CCC[C@H]2c2nonc2C)n1Cc1ccccc1. The lowest BCUT2D eigenvalue weighted by atomic mass is 10.1. The van der Waals surface area contributed by atoms with E-state index in [1.165, 1.54) is 0 Å². The van der Waals surface area contributed by atoms with Gasteiger partial charge in [-0.05, 0) is 31.9 Å². The smallest absolute Gasteiger partial charge is 0.228 e. The lowest BCUT2D eigenvalue weighted by Crippen LogP contribution is -2.26. The predicted octanol–water partition coefficient (Wildman–Crippen LogP) is 2.75. The molecule has 1 aromatic carbocycles. The summed E-state index contributed by atoms with van der Waals surface area (Å²) in [6.45, 7) is 5.51. The van der Waals surface area contributed by atoms with Crippen LogP contribution in [0.3, 0.4) is 0 Å². The van der Waals surface area contributed by atoms with Crippen LogP contribution in [0.2, 0.25) is 0 Å². The molecule has 3 aromatic rings. The molecule has 1 atom stereocenters. The van der Waals surface area contributed by atoms with Crippen molar-refractivity contribution >= 4 is 9.84 Å². The van der Waals surface area contributed by atoms with E-state index in [0.29, 0.717) is 13.1 Å². The van der Waals surface area contributed by atoms with Crippen molar-refractivity contribution in [3.8, 4) is 0 Å². The van der Waals surface area contributed by atoms with E-state index in [2.05, 4.69) is 20.2 Å². The number of hydrogen-bond acceptors (Lipinski definition) is 7. The Morgan fingerprint density at radius 1 is 1.17 bits per heavy atom. The zero-order valence-electron chi connectivity index (χ0n) is 16.7. The van der Waals surface area contributed by atoms with Crippen molar-refractivity contribution in [2.75, 3.05) is 12.3 Å². The molecule has 2 aromatic heterocycles. The maximum Gasteiger partial charge on any atom is 0.228 e. The highest BCUT2D eigenvalue weighted by Crippen LogP contribution is 2.33. The largest absolute Gasteiger partial charge is 0.313 e. The van der Waals surface area contributed by atoms with Gasteiger partial charge in [0, 0.05) is 6.54 Å². The zero-order chi connectivity index (χ0) is 20.4. The van der Waals surface area contributed by atoms with Gasteiger partial charge >= 0.3 is 0 Å². The van der Waals surface area contributed by atoms with Gasteiger partial charge in [0.05, 0.1) is 30.2 Å². The van der Waals surface area contributed by atoms with Gasteiger partial charge in [0.1, 0.15) is 11.4 Å². The Bertz CT molecular complexity index is 1070. The maximum atomic E-state index is 12.6. The first-order valence-electron chi connectivity index (χ1n) is 9.83. The van der Waals surface area contributed by atoms with Crippen molar-refractivity contribution in [1.29, 1.82) is 0 Å². The summed E-state index contributed by atoms with van der Waals surface area (Å²) in [6, 6.07) is 9.97. The van der Waals surface area contributed by atoms with Crippen LogP contribution in [0.4, 0.5) is 0 Å². The van der Waals surface area contributed by atoms with Crippen LogP contribution in [-0.2, 0) is 22.9 Å². The van der Waals surface area contributed by atoms with Crippen molar-refractivity contribution in [2.45, 2.75) is 51.0 Å². The van der Waals surface area contributed by atoms with Gasteiger partial charge in [0.2, 0.25) is 15.0 Å². The van der Waals surface area contributed by atoms with E-state index in [1.54, 1.807) is 13.1 Å². The van der Waals surface area contributed by atoms with Gasteiger partial charge in [-0.2, -0.15) is 0 Å². The summed E-state index contributed by atoms with van der Waals surface area (Å²) >= 11 is 0. The summed E-state index contributed by atoms with van der Waals surface area (Å²) < 4.78 is 32.0. The number of aromatic nitrogens is 4. The van der Waals surface area contributed by atoms with E-state index in [9.17, 15) is 8.42 Å². The van der Waals surface area contributed by atoms with E-state index >= 15 is 0 Å². The molecule has 1 aliphatic rings. The van der Waals surface area contributed by atoms with Gasteiger partial charge in [-0.3, -0.25) is 4.90 Å². The van der Waals surface area contributed by atoms with Crippen molar-refractivity contribution in [1.82, 2.24) is 24.8 Å². The molecule has 9 heteroatoms. The van der Waals surface area contributed by atoms with Crippen LogP contribution in [0.15, 0.2) is 46.3 Å². The van der Waals surface area contributed by atoms with Gasteiger partial charge in [0.15, 0.2) is 0 Å². The second-order valence-electron chi connectivity index (χ2n) is 7.37. The van der Waals surface area contributed by atoms with Gasteiger partial charge in [-0.15, -0.1) is 0 Å². The second kappa shape index (κ2) is 8.08. The third-order valence-corrected chi connectivity index (χ3v) is 7.12. The molecule has 1 fully saturated rings. The highest BCUT2D eigenvalue weighted by molar-refractivity contribution is 7.91. The van der Waals surface area contributed by atoms with E-state index in [4.69, 9.17) is 4.63 Å². The number of imidazole rings is 1. The van der Waals surface area contributed by atoms with Crippen molar-refractivity contribution < 1.29 is 13.0 Å². The van der Waals surface area contributed by atoms with Crippen molar-refractivity contribution in [3.63, 3.8) is 0 Å². The van der Waals surface area contributed by atoms with Gasteiger partial charge in [-0.25, -0.2) is 18.0 Å².